The number of nitrogens with one attached hydrogen (secondary N) is 1. The highest BCUT2D eigenvalue weighted by molar-refractivity contribution is 5.30. The summed E-state index contributed by atoms with van der Waals surface area (Å²) in [5.74, 6) is 4.09. The van der Waals surface area contributed by atoms with Crippen LogP contribution in [0.5, 0.6) is 5.75 Å². The summed E-state index contributed by atoms with van der Waals surface area (Å²) >= 11 is 0. The molecule has 0 aliphatic heterocycles. The van der Waals surface area contributed by atoms with E-state index in [4.69, 9.17) is 11.2 Å². The minimum atomic E-state index is 0.0937. The van der Waals surface area contributed by atoms with Crippen LogP contribution < -0.4 is 10.1 Å². The molecule has 0 heterocycles. The molecule has 0 spiro atoms. The Balaban J connectivity index is 2.75. The van der Waals surface area contributed by atoms with E-state index in [9.17, 15) is 0 Å². The Morgan fingerprint density at radius 2 is 2.00 bits per heavy atom. The maximum Gasteiger partial charge on any atom is 0.119 e. The largest absolute Gasteiger partial charge is 0.497 e. The van der Waals surface area contributed by atoms with Gasteiger partial charge in [-0.2, -0.15) is 0 Å². The van der Waals surface area contributed by atoms with Crippen molar-refractivity contribution in [1.29, 1.82) is 0 Å². The summed E-state index contributed by atoms with van der Waals surface area (Å²) in [6, 6.07) is 8.36. The van der Waals surface area contributed by atoms with Gasteiger partial charge in [0.2, 0.25) is 0 Å². The highest BCUT2D eigenvalue weighted by Crippen LogP contribution is 2.19. The molecule has 0 radical (unpaired) electrons. The first-order valence-corrected chi connectivity index (χ1v) is 5.94. The van der Waals surface area contributed by atoms with Gasteiger partial charge in [0.15, 0.2) is 0 Å². The number of ether oxygens (including phenoxy) is 1. The fraction of sp³-hybridized carbons (Fsp3) is 0.467. The first-order chi connectivity index (χ1) is 8.08. The van der Waals surface area contributed by atoms with Gasteiger partial charge in [-0.25, -0.2) is 0 Å². The van der Waals surface area contributed by atoms with E-state index in [1.165, 1.54) is 5.56 Å². The van der Waals surface area contributed by atoms with Gasteiger partial charge in [-0.15, -0.1) is 6.42 Å². The molecule has 0 saturated carbocycles. The average molecular weight is 231 g/mol. The summed E-state index contributed by atoms with van der Waals surface area (Å²) < 4.78 is 5.22. The maximum atomic E-state index is 5.52. The van der Waals surface area contributed by atoms with Crippen molar-refractivity contribution in [1.82, 2.24) is 5.32 Å². The summed E-state index contributed by atoms with van der Waals surface area (Å²) in [6.45, 7) is 6.35. The van der Waals surface area contributed by atoms with Crippen molar-refractivity contribution in [2.75, 3.05) is 7.11 Å². The molecule has 1 rings (SSSR count). The lowest BCUT2D eigenvalue weighted by atomic mass is 10.0. The fourth-order valence-electron chi connectivity index (χ4n) is 1.71. The third-order valence-electron chi connectivity index (χ3n) is 2.87. The van der Waals surface area contributed by atoms with Crippen molar-refractivity contribution < 1.29 is 4.74 Å². The first-order valence-electron chi connectivity index (χ1n) is 5.94. The molecular weight excluding hydrogens is 210 g/mol. The minimum absolute atomic E-state index is 0.0937. The third kappa shape index (κ3) is 3.80. The quantitative estimate of drug-likeness (QED) is 0.787. The Labute approximate surface area is 104 Å². The normalized spacial score (nSPS) is 14.1. The van der Waals surface area contributed by atoms with Gasteiger partial charge in [-0.3, -0.25) is 5.32 Å². The van der Waals surface area contributed by atoms with Crippen LogP contribution in [0, 0.1) is 18.3 Å². The van der Waals surface area contributed by atoms with Gasteiger partial charge in [0.1, 0.15) is 5.75 Å². The van der Waals surface area contributed by atoms with Gasteiger partial charge >= 0.3 is 0 Å². The van der Waals surface area contributed by atoms with E-state index in [1.807, 2.05) is 18.2 Å². The lowest BCUT2D eigenvalue weighted by molar-refractivity contribution is 0.409. The molecule has 2 unspecified atom stereocenters. The Morgan fingerprint density at radius 1 is 1.29 bits per heavy atom. The standard InChI is InChI=1S/C15H21NO/c1-6-15(11(2)3)16-12(4)13-8-7-9-14(10-13)17-5/h1,7-12,15-16H,2-5H3. The number of methoxy groups -OCH3 is 1. The predicted molar refractivity (Wildman–Crippen MR) is 72.0 cm³/mol. The van der Waals surface area contributed by atoms with Crippen molar-refractivity contribution in [2.45, 2.75) is 32.9 Å². The van der Waals surface area contributed by atoms with Crippen molar-refractivity contribution >= 4 is 0 Å². The number of terminal acetylenes is 1. The number of benzene rings is 1. The Bertz CT molecular complexity index is 392. The van der Waals surface area contributed by atoms with Crippen LogP contribution in [0.3, 0.4) is 0 Å². The lowest BCUT2D eigenvalue weighted by Gasteiger charge is -2.22. The zero-order valence-electron chi connectivity index (χ0n) is 11.0. The summed E-state index contributed by atoms with van der Waals surface area (Å²) in [7, 11) is 1.68. The average Bonchev–Trinajstić information content (AvgIpc) is 2.35. The Morgan fingerprint density at radius 3 is 2.53 bits per heavy atom. The van der Waals surface area contributed by atoms with Crippen molar-refractivity contribution in [2.24, 2.45) is 5.92 Å². The number of rotatable bonds is 5. The molecule has 0 fully saturated rings. The van der Waals surface area contributed by atoms with Gasteiger partial charge in [-0.05, 0) is 30.5 Å². The first kappa shape index (κ1) is 13.6. The Hall–Kier alpha value is -1.46. The van der Waals surface area contributed by atoms with Crippen LogP contribution in [0.15, 0.2) is 24.3 Å². The van der Waals surface area contributed by atoms with Crippen LogP contribution >= 0.6 is 0 Å². The Kier molecular flexibility index (Phi) is 5.06. The van der Waals surface area contributed by atoms with Gasteiger partial charge in [0.25, 0.3) is 0 Å². The molecule has 0 bridgehead atoms. The second-order valence-electron chi connectivity index (χ2n) is 4.55. The van der Waals surface area contributed by atoms with Crippen molar-refractivity contribution in [3.63, 3.8) is 0 Å². The van der Waals surface area contributed by atoms with Crippen LogP contribution in [0.25, 0.3) is 0 Å². The van der Waals surface area contributed by atoms with Gasteiger partial charge in [0, 0.05) is 6.04 Å². The summed E-state index contributed by atoms with van der Waals surface area (Å²) in [4.78, 5) is 0. The van der Waals surface area contributed by atoms with E-state index >= 15 is 0 Å². The van der Waals surface area contributed by atoms with Gasteiger partial charge in [-0.1, -0.05) is 31.9 Å². The molecule has 17 heavy (non-hydrogen) atoms. The molecule has 1 aromatic rings. The van der Waals surface area contributed by atoms with Crippen LogP contribution in [0.4, 0.5) is 0 Å². The summed E-state index contributed by atoms with van der Waals surface area (Å²) in [5, 5.41) is 3.44. The minimum Gasteiger partial charge on any atom is -0.497 e. The highest BCUT2D eigenvalue weighted by Gasteiger charge is 2.14. The lowest BCUT2D eigenvalue weighted by Crippen LogP contribution is -2.34. The molecule has 1 N–H and O–H groups in total. The summed E-state index contributed by atoms with van der Waals surface area (Å²) in [6.07, 6.45) is 5.52. The zero-order chi connectivity index (χ0) is 12.8. The second kappa shape index (κ2) is 6.32. The molecule has 1 aromatic carbocycles. The van der Waals surface area contributed by atoms with E-state index in [-0.39, 0.29) is 12.1 Å². The number of hydrogen-bond acceptors (Lipinski definition) is 2. The SMILES string of the molecule is C#CC(NC(C)c1cccc(OC)c1)C(C)C. The molecule has 0 aliphatic rings. The molecular formula is C15H21NO. The number of hydrogen-bond donors (Lipinski definition) is 1. The van der Waals surface area contributed by atoms with E-state index in [2.05, 4.69) is 38.1 Å². The second-order valence-corrected chi connectivity index (χ2v) is 4.55. The molecule has 0 aromatic heterocycles. The van der Waals surface area contributed by atoms with E-state index in [0.29, 0.717) is 5.92 Å². The molecule has 92 valence electrons. The van der Waals surface area contributed by atoms with E-state index in [1.54, 1.807) is 7.11 Å². The maximum absolute atomic E-state index is 5.52. The van der Waals surface area contributed by atoms with Crippen LogP contribution in [0.1, 0.15) is 32.4 Å². The monoisotopic (exact) mass is 231 g/mol. The zero-order valence-corrected chi connectivity index (χ0v) is 11.0. The van der Waals surface area contributed by atoms with Crippen molar-refractivity contribution in [3.8, 4) is 18.1 Å². The summed E-state index contributed by atoms with van der Waals surface area (Å²) in [5.41, 5.74) is 1.19. The highest BCUT2D eigenvalue weighted by atomic mass is 16.5. The molecule has 0 saturated heterocycles. The molecule has 2 nitrogen and oxygen atoms in total. The van der Waals surface area contributed by atoms with Crippen LogP contribution in [-0.2, 0) is 0 Å². The van der Waals surface area contributed by atoms with Gasteiger partial charge < -0.3 is 4.74 Å². The van der Waals surface area contributed by atoms with E-state index < -0.39 is 0 Å². The molecule has 0 amide bonds. The topological polar surface area (TPSA) is 21.3 Å². The fourth-order valence-corrected chi connectivity index (χ4v) is 1.71. The van der Waals surface area contributed by atoms with Crippen LogP contribution in [-0.4, -0.2) is 13.2 Å². The molecule has 0 aliphatic carbocycles. The molecule has 2 atom stereocenters. The smallest absolute Gasteiger partial charge is 0.119 e. The van der Waals surface area contributed by atoms with Crippen LogP contribution in [0.2, 0.25) is 0 Å². The molecule has 2 heteroatoms. The van der Waals surface area contributed by atoms with E-state index in [0.717, 1.165) is 5.75 Å². The van der Waals surface area contributed by atoms with Gasteiger partial charge in [0.05, 0.1) is 13.2 Å². The third-order valence-corrected chi connectivity index (χ3v) is 2.87. The predicted octanol–water partition coefficient (Wildman–Crippen LogP) is 3.00. The van der Waals surface area contributed by atoms with Crippen molar-refractivity contribution in [3.05, 3.63) is 29.8 Å².